The molecule has 3 rings (SSSR count). The van der Waals surface area contributed by atoms with Crippen molar-refractivity contribution in [1.29, 1.82) is 0 Å². The van der Waals surface area contributed by atoms with Crippen LogP contribution in [0.5, 0.6) is 0 Å². The van der Waals surface area contributed by atoms with Gasteiger partial charge in [0.1, 0.15) is 5.82 Å². The molecule has 0 saturated carbocycles. The number of aromatic nitrogens is 3. The number of aromatic amines is 1. The summed E-state index contributed by atoms with van der Waals surface area (Å²) in [5, 5.41) is 1.12. The molecule has 0 amide bonds. The largest absolute Gasteiger partial charge is 0.341 e. The highest BCUT2D eigenvalue weighted by atomic mass is 35.5. The molecule has 0 atom stereocenters. The normalized spacial score (nSPS) is 10.9. The molecule has 2 heterocycles. The van der Waals surface area contributed by atoms with Crippen LogP contribution >= 0.6 is 34.5 Å². The average Bonchev–Trinajstić information content (AvgIpc) is 2.95. The van der Waals surface area contributed by atoms with E-state index in [0.29, 0.717) is 20.6 Å². The van der Waals surface area contributed by atoms with Gasteiger partial charge in [-0.15, -0.1) is 11.3 Å². The van der Waals surface area contributed by atoms with E-state index in [2.05, 4.69) is 15.0 Å². The maximum absolute atomic E-state index is 6.25. The van der Waals surface area contributed by atoms with E-state index >= 15 is 0 Å². The van der Waals surface area contributed by atoms with E-state index < -0.39 is 0 Å². The Hall–Kier alpha value is -1.30. The molecule has 0 aliphatic heterocycles. The molecule has 98 valence electrons. The fraction of sp³-hybridized carbons (Fsp3) is 0.0769. The molecule has 1 N–H and O–H groups in total. The Kier molecular flexibility index (Phi) is 3.58. The van der Waals surface area contributed by atoms with E-state index in [9.17, 15) is 0 Å². The van der Waals surface area contributed by atoms with Crippen LogP contribution in [-0.2, 0) is 0 Å². The SMILES string of the molecule is [B]c1nc(-c2ccc(Cl)cc2Cl)c(-c2ncc(C)[nH]2)s1. The predicted molar refractivity (Wildman–Crippen MR) is 85.3 cm³/mol. The first kappa shape index (κ1) is 13.7. The summed E-state index contributed by atoms with van der Waals surface area (Å²) >= 11 is 13.5. The van der Waals surface area contributed by atoms with Crippen molar-refractivity contribution in [2.45, 2.75) is 6.92 Å². The number of aryl methyl sites for hydroxylation is 1. The van der Waals surface area contributed by atoms with Gasteiger partial charge >= 0.3 is 0 Å². The number of thiazole rings is 1. The number of imidazole rings is 1. The minimum absolute atomic E-state index is 0.468. The zero-order valence-corrected chi connectivity index (χ0v) is 12.8. The Morgan fingerprint density at radius 1 is 1.30 bits per heavy atom. The van der Waals surface area contributed by atoms with Crippen molar-refractivity contribution in [2.75, 3.05) is 0 Å². The van der Waals surface area contributed by atoms with Gasteiger partial charge in [0.2, 0.25) is 0 Å². The first-order chi connectivity index (χ1) is 9.54. The molecule has 0 spiro atoms. The van der Waals surface area contributed by atoms with Crippen LogP contribution < -0.4 is 4.91 Å². The number of nitrogens with one attached hydrogen (secondary N) is 1. The number of hydrogen-bond acceptors (Lipinski definition) is 3. The molecule has 1 aromatic carbocycles. The fourth-order valence-corrected chi connectivity index (χ4v) is 3.19. The van der Waals surface area contributed by atoms with E-state index in [4.69, 9.17) is 31.0 Å². The maximum atomic E-state index is 6.25. The molecule has 2 aromatic heterocycles. The second kappa shape index (κ2) is 5.24. The predicted octanol–water partition coefficient (Wildman–Crippen LogP) is 3.61. The fourth-order valence-electron chi connectivity index (χ4n) is 1.89. The molecule has 2 radical (unpaired) electrons. The van der Waals surface area contributed by atoms with Crippen LogP contribution in [0.4, 0.5) is 0 Å². The van der Waals surface area contributed by atoms with Gasteiger partial charge in [0.25, 0.3) is 0 Å². The molecule has 0 saturated heterocycles. The quantitative estimate of drug-likeness (QED) is 0.733. The summed E-state index contributed by atoms with van der Waals surface area (Å²) in [6.45, 7) is 1.94. The minimum atomic E-state index is 0.468. The molecule has 0 bridgehead atoms. The summed E-state index contributed by atoms with van der Waals surface area (Å²) in [6.07, 6.45) is 1.76. The lowest BCUT2D eigenvalue weighted by Crippen LogP contribution is -1.98. The number of benzene rings is 1. The Bertz CT molecular complexity index is 782. The molecule has 0 aliphatic carbocycles. The maximum Gasteiger partial charge on any atom is 0.157 e. The van der Waals surface area contributed by atoms with E-state index in [1.165, 1.54) is 11.3 Å². The molecular formula is C13H8BCl2N3S. The highest BCUT2D eigenvalue weighted by molar-refractivity contribution is 7.22. The lowest BCUT2D eigenvalue weighted by Gasteiger charge is -2.04. The topological polar surface area (TPSA) is 41.6 Å². The number of rotatable bonds is 2. The Morgan fingerprint density at radius 3 is 2.75 bits per heavy atom. The van der Waals surface area contributed by atoms with E-state index in [-0.39, 0.29) is 0 Å². The molecule has 0 fully saturated rings. The van der Waals surface area contributed by atoms with Crippen LogP contribution in [0.1, 0.15) is 5.69 Å². The van der Waals surface area contributed by atoms with Crippen LogP contribution in [0.3, 0.4) is 0 Å². The summed E-state index contributed by atoms with van der Waals surface area (Å²) in [5.74, 6) is 0.734. The summed E-state index contributed by atoms with van der Waals surface area (Å²) in [4.78, 5) is 13.2. The monoisotopic (exact) mass is 319 g/mol. The van der Waals surface area contributed by atoms with Gasteiger partial charge in [-0.25, -0.2) is 4.98 Å². The summed E-state index contributed by atoms with van der Waals surface area (Å²) in [7, 11) is 5.84. The summed E-state index contributed by atoms with van der Waals surface area (Å²) in [5.41, 5.74) is 2.47. The average molecular weight is 320 g/mol. The second-order valence-electron chi connectivity index (χ2n) is 4.27. The van der Waals surface area contributed by atoms with Crippen molar-refractivity contribution in [1.82, 2.24) is 15.0 Å². The third-order valence-corrected chi connectivity index (χ3v) is 4.19. The van der Waals surface area contributed by atoms with Crippen molar-refractivity contribution in [2.24, 2.45) is 0 Å². The van der Waals surface area contributed by atoms with Gasteiger partial charge in [0.05, 0.1) is 15.6 Å². The molecule has 3 nitrogen and oxygen atoms in total. The van der Waals surface area contributed by atoms with Gasteiger partial charge in [0, 0.05) is 27.4 Å². The summed E-state index contributed by atoms with van der Waals surface area (Å²) < 4.78 is 0. The number of nitrogens with zero attached hydrogens (tertiary/aromatic N) is 2. The van der Waals surface area contributed by atoms with Crippen LogP contribution in [0.2, 0.25) is 10.0 Å². The van der Waals surface area contributed by atoms with Gasteiger partial charge in [-0.2, -0.15) is 0 Å². The molecule has 7 heteroatoms. The van der Waals surface area contributed by atoms with Crippen molar-refractivity contribution in [3.8, 4) is 22.0 Å². The van der Waals surface area contributed by atoms with Crippen LogP contribution in [0.15, 0.2) is 24.4 Å². The van der Waals surface area contributed by atoms with Crippen molar-refractivity contribution < 1.29 is 0 Å². The second-order valence-corrected chi connectivity index (χ2v) is 6.14. The molecular weight excluding hydrogens is 312 g/mol. The van der Waals surface area contributed by atoms with Gasteiger partial charge < -0.3 is 4.98 Å². The van der Waals surface area contributed by atoms with Gasteiger partial charge in [-0.05, 0) is 25.1 Å². The van der Waals surface area contributed by atoms with E-state index in [1.54, 1.807) is 18.3 Å². The summed E-state index contributed by atoms with van der Waals surface area (Å²) in [6, 6.07) is 5.29. The smallest absolute Gasteiger partial charge is 0.157 e. The number of H-pyrrole nitrogens is 1. The molecule has 0 unspecified atom stereocenters. The Morgan fingerprint density at radius 2 is 2.10 bits per heavy atom. The highest BCUT2D eigenvalue weighted by Crippen LogP contribution is 2.36. The van der Waals surface area contributed by atoms with Gasteiger partial charge in [0.15, 0.2) is 7.85 Å². The van der Waals surface area contributed by atoms with Gasteiger partial charge in [-0.1, -0.05) is 23.2 Å². The van der Waals surface area contributed by atoms with Crippen LogP contribution in [-0.4, -0.2) is 22.8 Å². The highest BCUT2D eigenvalue weighted by Gasteiger charge is 2.17. The third kappa shape index (κ3) is 2.49. The Balaban J connectivity index is 2.19. The van der Waals surface area contributed by atoms with E-state index in [1.807, 2.05) is 13.0 Å². The third-order valence-electron chi connectivity index (χ3n) is 2.75. The van der Waals surface area contributed by atoms with Crippen molar-refractivity contribution >= 4 is 47.3 Å². The first-order valence-corrected chi connectivity index (χ1v) is 7.35. The standard InChI is InChI=1S/C13H8BCl2N3S/c1-6-5-17-12(18-6)11-10(19-13(14)20-11)8-3-2-7(15)4-9(8)16/h2-5H,1H3,(H,17,18). The number of hydrogen-bond donors (Lipinski definition) is 1. The lowest BCUT2D eigenvalue weighted by molar-refractivity contribution is 1.26. The van der Waals surface area contributed by atoms with E-state index in [0.717, 1.165) is 22.0 Å². The van der Waals surface area contributed by atoms with Crippen molar-refractivity contribution in [3.63, 3.8) is 0 Å². The van der Waals surface area contributed by atoms with Crippen LogP contribution in [0.25, 0.3) is 22.0 Å². The van der Waals surface area contributed by atoms with Crippen molar-refractivity contribution in [3.05, 3.63) is 40.1 Å². The zero-order chi connectivity index (χ0) is 14.3. The zero-order valence-electron chi connectivity index (χ0n) is 10.4. The molecule has 0 aliphatic rings. The lowest BCUT2D eigenvalue weighted by atomic mass is 10.1. The van der Waals surface area contributed by atoms with Crippen LogP contribution in [0, 0.1) is 6.92 Å². The molecule has 20 heavy (non-hydrogen) atoms. The Labute approximate surface area is 131 Å². The minimum Gasteiger partial charge on any atom is -0.341 e. The molecule has 3 aromatic rings. The number of halogens is 2. The first-order valence-electron chi connectivity index (χ1n) is 5.78. The van der Waals surface area contributed by atoms with Gasteiger partial charge in [-0.3, -0.25) is 4.98 Å².